The molecule has 0 saturated heterocycles. The maximum absolute atomic E-state index is 13.6. The van der Waals surface area contributed by atoms with Crippen molar-refractivity contribution in [3.05, 3.63) is 66.2 Å². The first-order chi connectivity index (χ1) is 15.7. The summed E-state index contributed by atoms with van der Waals surface area (Å²) in [5.74, 6) is 1.28. The summed E-state index contributed by atoms with van der Waals surface area (Å²) in [6.07, 6.45) is 5.13. The standard InChI is InChI=1S/C23H15FN6OS/c1-31-13-7-12(9-25-10-13)17-8-15-18(11-26-17)29-30-22(15)23-27-16-4-2-3-14(21(16)28-23)19-5-6-20(24)32-19/h2-11H,1H3,(H,27,28)(H,29,30). The zero-order valence-corrected chi connectivity index (χ0v) is 17.6. The quantitative estimate of drug-likeness (QED) is 0.379. The van der Waals surface area contributed by atoms with Gasteiger partial charge < -0.3 is 9.72 Å². The number of thiophene rings is 1. The molecule has 0 spiro atoms. The van der Waals surface area contributed by atoms with E-state index < -0.39 is 0 Å². The molecule has 0 saturated carbocycles. The van der Waals surface area contributed by atoms with Gasteiger partial charge in [0.2, 0.25) is 0 Å². The Morgan fingerprint density at radius 3 is 2.81 bits per heavy atom. The van der Waals surface area contributed by atoms with Crippen LogP contribution in [0.1, 0.15) is 0 Å². The summed E-state index contributed by atoms with van der Waals surface area (Å²) >= 11 is 1.10. The van der Waals surface area contributed by atoms with E-state index in [0.29, 0.717) is 17.3 Å². The third kappa shape index (κ3) is 3.02. The van der Waals surface area contributed by atoms with Crippen molar-refractivity contribution >= 4 is 33.3 Å². The molecule has 32 heavy (non-hydrogen) atoms. The summed E-state index contributed by atoms with van der Waals surface area (Å²) in [6, 6.07) is 12.9. The van der Waals surface area contributed by atoms with E-state index in [9.17, 15) is 4.39 Å². The highest BCUT2D eigenvalue weighted by Crippen LogP contribution is 2.35. The number of para-hydroxylation sites is 1. The van der Waals surface area contributed by atoms with Gasteiger partial charge in [-0.2, -0.15) is 9.49 Å². The van der Waals surface area contributed by atoms with Gasteiger partial charge in [0.15, 0.2) is 11.0 Å². The average Bonchev–Trinajstić information content (AvgIpc) is 3.55. The fourth-order valence-electron chi connectivity index (χ4n) is 3.73. The molecule has 2 N–H and O–H groups in total. The number of hydrogen-bond acceptors (Lipinski definition) is 6. The highest BCUT2D eigenvalue weighted by atomic mass is 32.1. The second kappa shape index (κ2) is 7.24. The van der Waals surface area contributed by atoms with E-state index in [2.05, 4.69) is 25.1 Å². The zero-order valence-electron chi connectivity index (χ0n) is 16.8. The van der Waals surface area contributed by atoms with Crippen molar-refractivity contribution in [3.63, 3.8) is 0 Å². The van der Waals surface area contributed by atoms with Gasteiger partial charge in [0.25, 0.3) is 0 Å². The molecule has 156 valence electrons. The normalized spacial score (nSPS) is 11.4. The number of pyridine rings is 2. The molecule has 0 amide bonds. The lowest BCUT2D eigenvalue weighted by molar-refractivity contribution is 0.413. The highest BCUT2D eigenvalue weighted by molar-refractivity contribution is 7.14. The van der Waals surface area contributed by atoms with Gasteiger partial charge in [-0.1, -0.05) is 12.1 Å². The van der Waals surface area contributed by atoms with Crippen LogP contribution in [0.15, 0.2) is 61.1 Å². The number of H-pyrrole nitrogens is 2. The Morgan fingerprint density at radius 2 is 1.97 bits per heavy atom. The first kappa shape index (κ1) is 18.6. The number of methoxy groups -OCH3 is 1. The molecule has 6 rings (SSSR count). The minimum Gasteiger partial charge on any atom is -0.495 e. The second-order valence-corrected chi connectivity index (χ2v) is 8.23. The van der Waals surface area contributed by atoms with Crippen LogP contribution in [0.5, 0.6) is 5.75 Å². The summed E-state index contributed by atoms with van der Waals surface area (Å²) < 4.78 is 18.9. The summed E-state index contributed by atoms with van der Waals surface area (Å²) in [5, 5.41) is 8.15. The Balaban J connectivity index is 1.49. The summed E-state index contributed by atoms with van der Waals surface area (Å²) in [6.45, 7) is 0. The van der Waals surface area contributed by atoms with E-state index >= 15 is 0 Å². The largest absolute Gasteiger partial charge is 0.495 e. The van der Waals surface area contributed by atoms with Gasteiger partial charge in [-0.3, -0.25) is 15.1 Å². The van der Waals surface area contributed by atoms with Gasteiger partial charge in [-0.25, -0.2) is 4.98 Å². The summed E-state index contributed by atoms with van der Waals surface area (Å²) in [4.78, 5) is 17.7. The fraction of sp³-hybridized carbons (Fsp3) is 0.0435. The van der Waals surface area contributed by atoms with Crippen molar-refractivity contribution < 1.29 is 9.13 Å². The number of benzene rings is 1. The van der Waals surface area contributed by atoms with Gasteiger partial charge in [0, 0.05) is 27.6 Å². The molecular weight excluding hydrogens is 427 g/mol. The maximum Gasteiger partial charge on any atom is 0.176 e. The van der Waals surface area contributed by atoms with Crippen LogP contribution in [0.4, 0.5) is 4.39 Å². The van der Waals surface area contributed by atoms with Crippen molar-refractivity contribution in [3.8, 4) is 39.0 Å². The lowest BCUT2D eigenvalue weighted by Crippen LogP contribution is -1.88. The smallest absolute Gasteiger partial charge is 0.176 e. The van der Waals surface area contributed by atoms with Gasteiger partial charge in [0.1, 0.15) is 11.4 Å². The van der Waals surface area contributed by atoms with Gasteiger partial charge in [-0.15, -0.1) is 11.3 Å². The molecular formula is C23H15FN6OS. The van der Waals surface area contributed by atoms with Crippen LogP contribution in [0.2, 0.25) is 0 Å². The van der Waals surface area contributed by atoms with Crippen LogP contribution >= 0.6 is 11.3 Å². The molecule has 0 aliphatic heterocycles. The number of hydrogen-bond donors (Lipinski definition) is 2. The topological polar surface area (TPSA) is 92.4 Å². The Morgan fingerprint density at radius 1 is 1.03 bits per heavy atom. The molecule has 0 radical (unpaired) electrons. The van der Waals surface area contributed by atoms with Gasteiger partial charge in [0.05, 0.1) is 41.7 Å². The van der Waals surface area contributed by atoms with Crippen LogP contribution in [0, 0.1) is 5.13 Å². The minimum atomic E-state index is -0.224. The fourth-order valence-corrected chi connectivity index (χ4v) is 4.48. The number of fused-ring (bicyclic) bond motifs is 2. The molecule has 0 fully saturated rings. The number of rotatable bonds is 4. The molecule has 0 bridgehead atoms. The molecule has 9 heteroatoms. The third-order valence-electron chi connectivity index (χ3n) is 5.27. The zero-order chi connectivity index (χ0) is 21.7. The van der Waals surface area contributed by atoms with Gasteiger partial charge >= 0.3 is 0 Å². The van der Waals surface area contributed by atoms with E-state index in [1.54, 1.807) is 31.8 Å². The molecule has 0 unspecified atom stereocenters. The number of nitrogens with one attached hydrogen (secondary N) is 2. The van der Waals surface area contributed by atoms with Crippen LogP contribution < -0.4 is 4.74 Å². The van der Waals surface area contributed by atoms with E-state index in [1.807, 2.05) is 30.3 Å². The Kier molecular flexibility index (Phi) is 4.22. The number of imidazole rings is 1. The highest BCUT2D eigenvalue weighted by Gasteiger charge is 2.17. The average molecular weight is 442 g/mol. The molecule has 1 aromatic carbocycles. The number of ether oxygens (including phenoxy) is 1. The van der Waals surface area contributed by atoms with Crippen molar-refractivity contribution in [1.29, 1.82) is 0 Å². The van der Waals surface area contributed by atoms with Crippen LogP contribution in [0.3, 0.4) is 0 Å². The van der Waals surface area contributed by atoms with E-state index in [4.69, 9.17) is 9.72 Å². The molecule has 5 heterocycles. The molecule has 7 nitrogen and oxygen atoms in total. The predicted molar refractivity (Wildman–Crippen MR) is 122 cm³/mol. The summed E-state index contributed by atoms with van der Waals surface area (Å²) in [7, 11) is 1.60. The first-order valence-electron chi connectivity index (χ1n) is 9.78. The molecule has 0 aliphatic carbocycles. The monoisotopic (exact) mass is 442 g/mol. The van der Waals surface area contributed by atoms with E-state index in [1.165, 1.54) is 6.07 Å². The molecule has 6 aromatic rings. The second-order valence-electron chi connectivity index (χ2n) is 7.19. The third-order valence-corrected chi connectivity index (χ3v) is 6.17. The lowest BCUT2D eigenvalue weighted by atomic mass is 10.1. The number of halogens is 1. The van der Waals surface area contributed by atoms with Crippen molar-refractivity contribution in [1.82, 2.24) is 30.1 Å². The summed E-state index contributed by atoms with van der Waals surface area (Å²) in [5.41, 5.74) is 5.56. The minimum absolute atomic E-state index is 0.224. The number of aromatic amines is 2. The number of aromatic nitrogens is 6. The lowest BCUT2D eigenvalue weighted by Gasteiger charge is -2.03. The van der Waals surface area contributed by atoms with Crippen LogP contribution in [-0.2, 0) is 0 Å². The van der Waals surface area contributed by atoms with Gasteiger partial charge in [-0.05, 0) is 30.3 Å². The predicted octanol–water partition coefficient (Wildman–Crippen LogP) is 5.44. The molecule has 5 aromatic heterocycles. The van der Waals surface area contributed by atoms with E-state index in [-0.39, 0.29) is 5.13 Å². The van der Waals surface area contributed by atoms with Crippen molar-refractivity contribution in [2.45, 2.75) is 0 Å². The van der Waals surface area contributed by atoms with Crippen LogP contribution in [-0.4, -0.2) is 37.2 Å². The maximum atomic E-state index is 13.6. The Hall–Kier alpha value is -4.11. The first-order valence-corrected chi connectivity index (χ1v) is 10.6. The van der Waals surface area contributed by atoms with E-state index in [0.717, 1.165) is 55.0 Å². The van der Waals surface area contributed by atoms with Crippen LogP contribution in [0.25, 0.3) is 55.2 Å². The van der Waals surface area contributed by atoms with Crippen molar-refractivity contribution in [2.24, 2.45) is 0 Å². The molecule has 0 aliphatic rings. The SMILES string of the molecule is COc1cncc(-c2cc3c(-c4nc5c(-c6ccc(F)s6)cccc5[nH]4)n[nH]c3cn2)c1. The number of nitrogens with zero attached hydrogens (tertiary/aromatic N) is 4. The Bertz CT molecular complexity index is 1600. The Labute approximate surface area is 185 Å². The molecule has 0 atom stereocenters. The van der Waals surface area contributed by atoms with Crippen molar-refractivity contribution in [2.75, 3.05) is 7.11 Å².